The van der Waals surface area contributed by atoms with E-state index in [1.807, 2.05) is 36.4 Å². The first-order chi connectivity index (χ1) is 17.4. The van der Waals surface area contributed by atoms with Crippen LogP contribution < -0.4 is 4.90 Å². The van der Waals surface area contributed by atoms with Crippen molar-refractivity contribution in [2.75, 3.05) is 31.1 Å². The molecule has 1 saturated heterocycles. The minimum Gasteiger partial charge on any atom is -0.508 e. The lowest BCUT2D eigenvalue weighted by Crippen LogP contribution is -2.48. The van der Waals surface area contributed by atoms with Crippen molar-refractivity contribution in [1.29, 1.82) is 0 Å². The van der Waals surface area contributed by atoms with Crippen LogP contribution in [0.25, 0.3) is 32.7 Å². The molecule has 1 fully saturated rings. The van der Waals surface area contributed by atoms with Crippen LogP contribution >= 0.6 is 0 Å². The summed E-state index contributed by atoms with van der Waals surface area (Å²) in [6.45, 7) is 8.45. The first-order valence-corrected chi connectivity index (χ1v) is 12.3. The average molecular weight is 481 g/mol. The number of phenolic OH excluding ortho intramolecular Hbond substituents is 2. The lowest BCUT2D eigenvalue weighted by molar-refractivity contribution is 0.104. The predicted octanol–water partition coefficient (Wildman–Crippen LogP) is 5.91. The number of benzene rings is 4. The Morgan fingerprint density at radius 1 is 0.778 bits per heavy atom. The molecule has 0 amide bonds. The average Bonchev–Trinajstić information content (AvgIpc) is 3.25. The maximum absolute atomic E-state index is 13.7. The second kappa shape index (κ2) is 8.57. The molecule has 0 radical (unpaired) electrons. The molecule has 6 rings (SSSR count). The van der Waals surface area contributed by atoms with Crippen molar-refractivity contribution in [3.8, 4) is 11.5 Å². The van der Waals surface area contributed by atoms with E-state index in [2.05, 4.69) is 23.6 Å². The van der Waals surface area contributed by atoms with Crippen LogP contribution in [0.4, 0.5) is 5.69 Å². The summed E-state index contributed by atoms with van der Waals surface area (Å²) in [5.41, 5.74) is 3.28. The Hall–Kier alpha value is -4.03. The van der Waals surface area contributed by atoms with E-state index in [-0.39, 0.29) is 17.3 Å². The van der Waals surface area contributed by atoms with Crippen molar-refractivity contribution in [2.45, 2.75) is 19.9 Å². The molecule has 4 aromatic carbocycles. The van der Waals surface area contributed by atoms with Crippen LogP contribution in [0.15, 0.2) is 71.1 Å². The standard InChI is InChI=1S/C30H28N2O4/c1-18(2)31-11-13-32(14-12-31)20-5-3-19(4-6-20)30(35)26-17-28-29(23-9-7-21(33)15-25(23)26)24-10-8-22(34)16-27(24)36-28/h3-10,15-18,33-34H,11-14H2,1-2H3. The first kappa shape index (κ1) is 22.4. The number of carbonyl (C=O) groups excluding carboxylic acids is 1. The van der Waals surface area contributed by atoms with E-state index in [1.54, 1.807) is 30.3 Å². The second-order valence-electron chi connectivity index (χ2n) is 9.80. The molecule has 0 unspecified atom stereocenters. The van der Waals surface area contributed by atoms with Gasteiger partial charge in [0.15, 0.2) is 5.78 Å². The van der Waals surface area contributed by atoms with Crippen molar-refractivity contribution in [1.82, 2.24) is 4.90 Å². The number of anilines is 1. The van der Waals surface area contributed by atoms with Crippen LogP contribution in [-0.4, -0.2) is 53.1 Å². The number of nitrogens with zero attached hydrogens (tertiary/aromatic N) is 2. The van der Waals surface area contributed by atoms with Crippen LogP contribution in [-0.2, 0) is 0 Å². The monoisotopic (exact) mass is 480 g/mol. The first-order valence-electron chi connectivity index (χ1n) is 12.3. The Morgan fingerprint density at radius 2 is 1.44 bits per heavy atom. The zero-order valence-electron chi connectivity index (χ0n) is 20.4. The van der Waals surface area contributed by atoms with E-state index in [1.165, 1.54) is 0 Å². The summed E-state index contributed by atoms with van der Waals surface area (Å²) in [7, 11) is 0. The fourth-order valence-electron chi connectivity index (χ4n) is 5.33. The number of phenols is 2. The summed E-state index contributed by atoms with van der Waals surface area (Å²) in [5.74, 6) is 0.0785. The van der Waals surface area contributed by atoms with Gasteiger partial charge in [-0.15, -0.1) is 0 Å². The normalized spacial score (nSPS) is 14.9. The van der Waals surface area contributed by atoms with E-state index in [0.717, 1.165) is 48.0 Å². The highest BCUT2D eigenvalue weighted by atomic mass is 16.3. The fraction of sp³-hybridized carbons (Fsp3) is 0.233. The molecule has 0 spiro atoms. The van der Waals surface area contributed by atoms with Crippen LogP contribution in [0.5, 0.6) is 11.5 Å². The maximum Gasteiger partial charge on any atom is 0.193 e. The maximum atomic E-state index is 13.7. The molecule has 1 aromatic heterocycles. The van der Waals surface area contributed by atoms with Gasteiger partial charge in [0.05, 0.1) is 0 Å². The van der Waals surface area contributed by atoms with Gasteiger partial charge in [0.25, 0.3) is 0 Å². The SMILES string of the molecule is CC(C)N1CCN(c2ccc(C(=O)c3cc4oc5cc(O)ccc5c4c4ccc(O)cc34)cc2)CC1. The summed E-state index contributed by atoms with van der Waals surface area (Å²) >= 11 is 0. The van der Waals surface area contributed by atoms with E-state index in [9.17, 15) is 15.0 Å². The Balaban J connectivity index is 1.39. The van der Waals surface area contributed by atoms with Crippen molar-refractivity contribution in [3.05, 3.63) is 77.9 Å². The number of rotatable bonds is 4. The molecular weight excluding hydrogens is 452 g/mol. The second-order valence-corrected chi connectivity index (χ2v) is 9.80. The Labute approximate surface area is 209 Å². The Bertz CT molecular complexity index is 1610. The molecule has 36 heavy (non-hydrogen) atoms. The van der Waals surface area contributed by atoms with Crippen molar-refractivity contribution in [3.63, 3.8) is 0 Å². The third-order valence-corrected chi connectivity index (χ3v) is 7.32. The van der Waals surface area contributed by atoms with Crippen LogP contribution in [0, 0.1) is 0 Å². The molecule has 1 aliphatic heterocycles. The van der Waals surface area contributed by atoms with Crippen molar-refractivity contribution in [2.24, 2.45) is 0 Å². The van der Waals surface area contributed by atoms with E-state index in [4.69, 9.17) is 4.42 Å². The topological polar surface area (TPSA) is 77.2 Å². The van der Waals surface area contributed by atoms with Crippen LogP contribution in [0.2, 0.25) is 0 Å². The zero-order chi connectivity index (χ0) is 25.0. The number of aromatic hydroxyl groups is 2. The van der Waals surface area contributed by atoms with Gasteiger partial charge in [-0.05, 0) is 85.3 Å². The lowest BCUT2D eigenvalue weighted by atomic mass is 9.94. The minimum atomic E-state index is -0.132. The molecule has 1 aliphatic rings. The summed E-state index contributed by atoms with van der Waals surface area (Å²) in [6, 6.07) is 20.1. The molecule has 2 heterocycles. The quantitative estimate of drug-likeness (QED) is 0.311. The van der Waals surface area contributed by atoms with Gasteiger partial charge in [0.1, 0.15) is 22.7 Å². The predicted molar refractivity (Wildman–Crippen MR) is 143 cm³/mol. The van der Waals surface area contributed by atoms with Gasteiger partial charge in [-0.3, -0.25) is 9.69 Å². The molecule has 0 aliphatic carbocycles. The minimum absolute atomic E-state index is 0.0947. The largest absolute Gasteiger partial charge is 0.508 e. The molecular formula is C30H28N2O4. The molecule has 2 N–H and O–H groups in total. The number of ketones is 1. The van der Waals surface area contributed by atoms with Gasteiger partial charge in [-0.25, -0.2) is 0 Å². The van der Waals surface area contributed by atoms with Gasteiger partial charge < -0.3 is 19.5 Å². The van der Waals surface area contributed by atoms with Crippen LogP contribution in [0.1, 0.15) is 29.8 Å². The number of piperazine rings is 1. The van der Waals surface area contributed by atoms with Crippen molar-refractivity contribution >= 4 is 44.2 Å². The summed E-state index contributed by atoms with van der Waals surface area (Å²) in [6.07, 6.45) is 0. The number of furan rings is 1. The van der Waals surface area contributed by atoms with Gasteiger partial charge >= 0.3 is 0 Å². The highest BCUT2D eigenvalue weighted by Gasteiger charge is 2.21. The highest BCUT2D eigenvalue weighted by molar-refractivity contribution is 6.26. The number of hydrogen-bond donors (Lipinski definition) is 2. The summed E-state index contributed by atoms with van der Waals surface area (Å²) in [5, 5.41) is 23.3. The van der Waals surface area contributed by atoms with Crippen molar-refractivity contribution < 1.29 is 19.4 Å². The molecule has 0 bridgehead atoms. The van der Waals surface area contributed by atoms with Gasteiger partial charge in [-0.1, -0.05) is 0 Å². The molecule has 6 nitrogen and oxygen atoms in total. The molecule has 0 atom stereocenters. The Morgan fingerprint density at radius 3 is 2.14 bits per heavy atom. The fourth-order valence-corrected chi connectivity index (χ4v) is 5.33. The molecule has 6 heteroatoms. The third-order valence-electron chi connectivity index (χ3n) is 7.32. The number of carbonyl (C=O) groups is 1. The van der Waals surface area contributed by atoms with Gasteiger partial charge in [0, 0.05) is 65.9 Å². The van der Waals surface area contributed by atoms with Gasteiger partial charge in [-0.2, -0.15) is 0 Å². The molecule has 182 valence electrons. The third kappa shape index (κ3) is 3.74. The highest BCUT2D eigenvalue weighted by Crippen LogP contribution is 2.39. The molecule has 5 aromatic rings. The van der Waals surface area contributed by atoms with Gasteiger partial charge in [0.2, 0.25) is 0 Å². The Kier molecular flexibility index (Phi) is 5.34. The van der Waals surface area contributed by atoms with E-state index >= 15 is 0 Å². The smallest absolute Gasteiger partial charge is 0.193 e. The van der Waals surface area contributed by atoms with Crippen LogP contribution in [0.3, 0.4) is 0 Å². The zero-order valence-corrected chi connectivity index (χ0v) is 20.4. The molecule has 0 saturated carbocycles. The van der Waals surface area contributed by atoms with E-state index in [0.29, 0.717) is 33.7 Å². The lowest BCUT2D eigenvalue weighted by Gasteiger charge is -2.38. The number of hydrogen-bond acceptors (Lipinski definition) is 6. The summed E-state index contributed by atoms with van der Waals surface area (Å²) in [4.78, 5) is 18.5. The number of fused-ring (bicyclic) bond motifs is 5. The van der Waals surface area contributed by atoms with E-state index < -0.39 is 0 Å². The summed E-state index contributed by atoms with van der Waals surface area (Å²) < 4.78 is 6.04.